The van der Waals surface area contributed by atoms with E-state index in [4.69, 9.17) is 5.11 Å². The number of aliphatic carboxylic acids is 2. The Morgan fingerprint density at radius 3 is 1.81 bits per heavy atom. The third-order valence-electron chi connectivity index (χ3n) is 0.911. The van der Waals surface area contributed by atoms with E-state index < -0.39 is 11.9 Å². The number of carboxylic acids is 2. The van der Waals surface area contributed by atoms with Crippen LogP contribution in [0.25, 0.3) is 0 Å². The Balaban J connectivity index is 0. The summed E-state index contributed by atoms with van der Waals surface area (Å²) in [6.45, 7) is 0. The number of carbonyl (C=O) groups is 2. The third kappa shape index (κ3) is 37.8. The predicted molar refractivity (Wildman–Crippen MR) is 63.2 cm³/mol. The minimum atomic E-state index is -1.09. The summed E-state index contributed by atoms with van der Waals surface area (Å²) < 4.78 is 1.00. The van der Waals surface area contributed by atoms with E-state index in [1.165, 1.54) is 11.8 Å². The molecule has 0 radical (unpaired) electrons. The standard InChI is InChI=1S/C6H10O4S.C4H12N/c7-5(8)1-3-11-4-2-6(9)10;1-5(2,3)4/h1-4H2,(H,7,8)(H,9,10);1-4H3/q;+1/p-1. The molecule has 0 rings (SSSR count). The normalized spacial score (nSPS) is 10.2. The Bertz CT molecular complexity index is 191. The van der Waals surface area contributed by atoms with Crippen LogP contribution in [-0.2, 0) is 9.59 Å². The maximum atomic E-state index is 9.95. The van der Waals surface area contributed by atoms with Gasteiger partial charge in [0.1, 0.15) is 0 Å². The van der Waals surface area contributed by atoms with E-state index in [1.54, 1.807) is 0 Å². The highest BCUT2D eigenvalue weighted by atomic mass is 32.2. The second-order valence-electron chi connectivity index (χ2n) is 4.56. The van der Waals surface area contributed by atoms with Crippen LogP contribution in [0.3, 0.4) is 0 Å². The van der Waals surface area contributed by atoms with Crippen molar-refractivity contribution in [3.8, 4) is 0 Å². The van der Waals surface area contributed by atoms with Crippen molar-refractivity contribution in [3.05, 3.63) is 0 Å². The van der Waals surface area contributed by atoms with E-state index in [-0.39, 0.29) is 12.8 Å². The first kappa shape index (κ1) is 17.6. The number of hydrogen-bond acceptors (Lipinski definition) is 4. The van der Waals surface area contributed by atoms with Crippen molar-refractivity contribution in [1.29, 1.82) is 0 Å². The van der Waals surface area contributed by atoms with Crippen molar-refractivity contribution in [2.24, 2.45) is 0 Å². The van der Waals surface area contributed by atoms with Crippen molar-refractivity contribution in [2.75, 3.05) is 39.7 Å². The van der Waals surface area contributed by atoms with Crippen LogP contribution < -0.4 is 5.11 Å². The fourth-order valence-corrected chi connectivity index (χ4v) is 1.25. The van der Waals surface area contributed by atoms with Gasteiger partial charge in [-0.05, 0) is 12.2 Å². The van der Waals surface area contributed by atoms with Crippen LogP contribution in [0.5, 0.6) is 0 Å². The molecular weight excluding hydrogens is 230 g/mol. The molecule has 0 aliphatic carbocycles. The fraction of sp³-hybridized carbons (Fsp3) is 0.800. The number of rotatable bonds is 6. The molecule has 0 aliphatic heterocycles. The van der Waals surface area contributed by atoms with E-state index in [2.05, 4.69) is 28.2 Å². The van der Waals surface area contributed by atoms with Gasteiger partial charge in [0, 0.05) is 11.7 Å². The summed E-state index contributed by atoms with van der Waals surface area (Å²) in [6, 6.07) is 0. The highest BCUT2D eigenvalue weighted by molar-refractivity contribution is 7.99. The van der Waals surface area contributed by atoms with Crippen LogP contribution in [0.4, 0.5) is 0 Å². The Morgan fingerprint density at radius 1 is 1.12 bits per heavy atom. The minimum Gasteiger partial charge on any atom is -0.550 e. The number of quaternary nitrogens is 1. The molecule has 0 unspecified atom stereocenters. The molecule has 0 heterocycles. The predicted octanol–water partition coefficient (Wildman–Crippen LogP) is -0.343. The van der Waals surface area contributed by atoms with Gasteiger partial charge >= 0.3 is 5.97 Å². The van der Waals surface area contributed by atoms with Crippen molar-refractivity contribution in [3.63, 3.8) is 0 Å². The summed E-state index contributed by atoms with van der Waals surface area (Å²) in [5, 5.41) is 18.0. The molecule has 16 heavy (non-hydrogen) atoms. The van der Waals surface area contributed by atoms with Crippen molar-refractivity contribution < 1.29 is 24.3 Å². The second-order valence-corrected chi connectivity index (χ2v) is 5.79. The molecule has 0 fully saturated rings. The average Bonchev–Trinajstić information content (AvgIpc) is 1.99. The topological polar surface area (TPSA) is 77.4 Å². The monoisotopic (exact) mass is 251 g/mol. The molecule has 0 aliphatic rings. The molecule has 1 N–H and O–H groups in total. The van der Waals surface area contributed by atoms with Crippen molar-refractivity contribution in [2.45, 2.75) is 12.8 Å². The van der Waals surface area contributed by atoms with Gasteiger partial charge in [0.25, 0.3) is 0 Å². The van der Waals surface area contributed by atoms with Gasteiger partial charge in [0.2, 0.25) is 0 Å². The zero-order chi connectivity index (χ0) is 13.2. The Kier molecular flexibility index (Phi) is 10.4. The number of hydrogen-bond donors (Lipinski definition) is 1. The van der Waals surface area contributed by atoms with E-state index in [1.807, 2.05) is 0 Å². The second kappa shape index (κ2) is 9.47. The lowest BCUT2D eigenvalue weighted by Crippen LogP contribution is -2.27. The molecule has 96 valence electrons. The number of carbonyl (C=O) groups excluding carboxylic acids is 1. The van der Waals surface area contributed by atoms with E-state index >= 15 is 0 Å². The fourth-order valence-electron chi connectivity index (χ4n) is 0.417. The van der Waals surface area contributed by atoms with Gasteiger partial charge in [-0.15, -0.1) is 0 Å². The highest BCUT2D eigenvalue weighted by Gasteiger charge is 1.95. The average molecular weight is 251 g/mol. The summed E-state index contributed by atoms with van der Waals surface area (Å²) in [4.78, 5) is 19.8. The lowest BCUT2D eigenvalue weighted by atomic mass is 10.5. The third-order valence-corrected chi connectivity index (χ3v) is 1.90. The number of carboxylic acid groups (broad SMARTS) is 2. The van der Waals surface area contributed by atoms with Crippen LogP contribution in [0.1, 0.15) is 12.8 Å². The summed E-state index contributed by atoms with van der Waals surface area (Å²) in [5.41, 5.74) is 0. The van der Waals surface area contributed by atoms with Gasteiger partial charge in [-0.3, -0.25) is 4.79 Å². The molecule has 5 nitrogen and oxygen atoms in total. The van der Waals surface area contributed by atoms with Gasteiger partial charge in [-0.25, -0.2) is 0 Å². The highest BCUT2D eigenvalue weighted by Crippen LogP contribution is 2.03. The van der Waals surface area contributed by atoms with Crippen LogP contribution >= 0.6 is 11.8 Å². The number of nitrogens with zero attached hydrogens (tertiary/aromatic N) is 1. The van der Waals surface area contributed by atoms with E-state index in [0.29, 0.717) is 11.5 Å². The molecule has 0 spiro atoms. The SMILES string of the molecule is C[N+](C)(C)C.O=C([O-])CCSCCC(=O)O. The van der Waals surface area contributed by atoms with Gasteiger partial charge in [0.05, 0.1) is 34.6 Å². The molecular formula is C10H21NO4S. The lowest BCUT2D eigenvalue weighted by Gasteiger charge is -2.14. The first-order valence-electron chi connectivity index (χ1n) is 4.91. The van der Waals surface area contributed by atoms with Crippen LogP contribution in [0.2, 0.25) is 0 Å². The Morgan fingerprint density at radius 2 is 1.50 bits per heavy atom. The van der Waals surface area contributed by atoms with Crippen LogP contribution in [0.15, 0.2) is 0 Å². The van der Waals surface area contributed by atoms with Gasteiger partial charge < -0.3 is 19.5 Å². The van der Waals surface area contributed by atoms with Crippen molar-refractivity contribution in [1.82, 2.24) is 0 Å². The number of thioether (sulfide) groups is 1. The van der Waals surface area contributed by atoms with E-state index in [0.717, 1.165) is 4.48 Å². The zero-order valence-electron chi connectivity index (χ0n) is 10.4. The molecule has 0 bridgehead atoms. The van der Waals surface area contributed by atoms with Gasteiger partial charge in [0.15, 0.2) is 0 Å². The quantitative estimate of drug-likeness (QED) is 0.516. The zero-order valence-corrected chi connectivity index (χ0v) is 11.2. The first-order valence-corrected chi connectivity index (χ1v) is 6.06. The summed E-state index contributed by atoms with van der Waals surface area (Å²) in [6.07, 6.45) is 0.0714. The smallest absolute Gasteiger partial charge is 0.304 e. The summed E-state index contributed by atoms with van der Waals surface area (Å²) >= 11 is 1.31. The molecule has 6 heteroatoms. The molecule has 0 saturated heterocycles. The molecule has 0 aromatic rings. The molecule has 0 saturated carbocycles. The maximum Gasteiger partial charge on any atom is 0.304 e. The van der Waals surface area contributed by atoms with Crippen molar-refractivity contribution >= 4 is 23.7 Å². The maximum absolute atomic E-state index is 9.95. The Hall–Kier alpha value is -0.750. The summed E-state index contributed by atoms with van der Waals surface area (Å²) in [5.74, 6) is -1.06. The molecule has 0 aromatic carbocycles. The van der Waals surface area contributed by atoms with Gasteiger partial charge in [-0.2, -0.15) is 11.8 Å². The summed E-state index contributed by atoms with van der Waals surface area (Å²) in [7, 11) is 8.50. The lowest BCUT2D eigenvalue weighted by molar-refractivity contribution is -0.849. The largest absolute Gasteiger partial charge is 0.550 e. The van der Waals surface area contributed by atoms with Crippen LogP contribution in [0, 0.1) is 0 Å². The molecule has 0 atom stereocenters. The van der Waals surface area contributed by atoms with Crippen LogP contribution in [-0.4, -0.2) is 61.2 Å². The minimum absolute atomic E-state index is 0.00964. The van der Waals surface area contributed by atoms with Gasteiger partial charge in [-0.1, -0.05) is 0 Å². The first-order chi connectivity index (χ1) is 7.13. The molecule has 0 aromatic heterocycles. The Labute approximate surface area is 101 Å². The van der Waals surface area contributed by atoms with E-state index in [9.17, 15) is 14.7 Å². The molecule has 0 amide bonds.